The summed E-state index contributed by atoms with van der Waals surface area (Å²) in [4.78, 5) is 12.5. The van der Waals surface area contributed by atoms with Crippen molar-refractivity contribution < 1.29 is 14.3 Å². The molecule has 1 amide bonds. The number of methoxy groups -OCH3 is 1. The Balaban J connectivity index is 0.00000312. The lowest BCUT2D eigenvalue weighted by atomic mass is 10.1. The van der Waals surface area contributed by atoms with Crippen LogP contribution in [0.5, 0.6) is 5.75 Å². The Morgan fingerprint density at radius 2 is 1.92 bits per heavy atom. The highest BCUT2D eigenvalue weighted by Gasteiger charge is 2.15. The number of carbonyl (C=O) groups excluding carboxylic acids is 1. The highest BCUT2D eigenvalue weighted by molar-refractivity contribution is 6.33. The Morgan fingerprint density at radius 1 is 1.24 bits per heavy atom. The van der Waals surface area contributed by atoms with E-state index in [2.05, 4.69) is 5.32 Å². The molecule has 0 saturated heterocycles. The molecule has 0 heterocycles. The van der Waals surface area contributed by atoms with Crippen molar-refractivity contribution in [2.24, 2.45) is 0 Å². The van der Waals surface area contributed by atoms with E-state index in [4.69, 9.17) is 26.8 Å². The van der Waals surface area contributed by atoms with Crippen molar-refractivity contribution in [3.8, 4) is 5.75 Å². The van der Waals surface area contributed by atoms with Gasteiger partial charge in [-0.05, 0) is 24.1 Å². The van der Waals surface area contributed by atoms with Crippen LogP contribution in [0.3, 0.4) is 0 Å². The maximum atomic E-state index is 12.5. The van der Waals surface area contributed by atoms with Gasteiger partial charge in [-0.3, -0.25) is 4.79 Å². The number of carbonyl (C=O) groups is 1. The van der Waals surface area contributed by atoms with Crippen LogP contribution in [-0.4, -0.2) is 19.6 Å². The Morgan fingerprint density at radius 3 is 2.56 bits per heavy atom. The van der Waals surface area contributed by atoms with Gasteiger partial charge in [0.2, 0.25) is 0 Å². The molecule has 0 bridgehead atoms. The van der Waals surface area contributed by atoms with Crippen LogP contribution in [0.2, 0.25) is 5.02 Å². The predicted octanol–water partition coefficient (Wildman–Crippen LogP) is 3.82. The molecule has 136 valence electrons. The first kappa shape index (κ1) is 21.1. The number of halogens is 2. The van der Waals surface area contributed by atoms with Crippen molar-refractivity contribution in [1.82, 2.24) is 5.32 Å². The highest BCUT2D eigenvalue weighted by Crippen LogP contribution is 2.28. The summed E-state index contributed by atoms with van der Waals surface area (Å²) in [6, 6.07) is 10.9. The van der Waals surface area contributed by atoms with Gasteiger partial charge in [-0.25, -0.2) is 0 Å². The first-order chi connectivity index (χ1) is 11.6. The Kier molecular flexibility index (Phi) is 8.55. The lowest BCUT2D eigenvalue weighted by Gasteiger charge is -2.13. The minimum absolute atomic E-state index is 0. The number of hydrogen-bond donors (Lipinski definition) is 2. The molecule has 0 saturated carbocycles. The molecule has 0 aliphatic heterocycles. The fraction of sp³-hybridized carbons (Fsp3) is 0.278. The van der Waals surface area contributed by atoms with Crippen LogP contribution in [0, 0.1) is 0 Å². The van der Waals surface area contributed by atoms with Crippen molar-refractivity contribution >= 4 is 35.6 Å². The summed E-state index contributed by atoms with van der Waals surface area (Å²) in [6.45, 7) is 3.48. The number of hydrogen-bond acceptors (Lipinski definition) is 4. The minimum Gasteiger partial charge on any atom is -0.496 e. The molecule has 2 rings (SSSR count). The van der Waals surface area contributed by atoms with E-state index in [1.807, 2.05) is 31.2 Å². The zero-order valence-corrected chi connectivity index (χ0v) is 15.7. The van der Waals surface area contributed by atoms with Crippen LogP contribution in [-0.2, 0) is 17.9 Å². The highest BCUT2D eigenvalue weighted by atomic mass is 35.5. The van der Waals surface area contributed by atoms with E-state index in [1.165, 1.54) is 13.2 Å². The monoisotopic (exact) mass is 384 g/mol. The lowest BCUT2D eigenvalue weighted by molar-refractivity contribution is 0.0947. The van der Waals surface area contributed by atoms with E-state index in [0.29, 0.717) is 41.8 Å². The number of nitrogen functional groups attached to an aromatic ring is 1. The summed E-state index contributed by atoms with van der Waals surface area (Å²) < 4.78 is 10.7. The van der Waals surface area contributed by atoms with Crippen molar-refractivity contribution in [1.29, 1.82) is 0 Å². The molecule has 7 heteroatoms. The van der Waals surface area contributed by atoms with Crippen molar-refractivity contribution in [2.75, 3.05) is 19.5 Å². The van der Waals surface area contributed by atoms with Crippen LogP contribution in [0.1, 0.15) is 28.4 Å². The number of rotatable bonds is 7. The van der Waals surface area contributed by atoms with Gasteiger partial charge in [-0.15, -0.1) is 12.4 Å². The first-order valence-electron chi connectivity index (χ1n) is 7.62. The quantitative estimate of drug-likeness (QED) is 0.711. The third kappa shape index (κ3) is 5.53. The number of nitrogens with two attached hydrogens (primary N) is 1. The second kappa shape index (κ2) is 10.1. The van der Waals surface area contributed by atoms with Crippen LogP contribution in [0.25, 0.3) is 0 Å². The summed E-state index contributed by atoms with van der Waals surface area (Å²) in [5.41, 5.74) is 8.50. The molecule has 5 nitrogen and oxygen atoms in total. The van der Waals surface area contributed by atoms with E-state index < -0.39 is 0 Å². The van der Waals surface area contributed by atoms with Gasteiger partial charge in [0.05, 0.1) is 30.0 Å². The number of benzene rings is 2. The van der Waals surface area contributed by atoms with Crippen molar-refractivity contribution in [2.45, 2.75) is 20.1 Å². The molecule has 0 spiro atoms. The summed E-state index contributed by atoms with van der Waals surface area (Å²) in [6.07, 6.45) is 0. The molecule has 0 aromatic heterocycles. The maximum absolute atomic E-state index is 12.5. The van der Waals surface area contributed by atoms with E-state index in [-0.39, 0.29) is 18.3 Å². The van der Waals surface area contributed by atoms with E-state index in [1.54, 1.807) is 6.07 Å². The third-order valence-corrected chi connectivity index (χ3v) is 3.91. The molecular weight excluding hydrogens is 363 g/mol. The Labute approximate surface area is 158 Å². The van der Waals surface area contributed by atoms with E-state index >= 15 is 0 Å². The van der Waals surface area contributed by atoms with Gasteiger partial charge in [0.25, 0.3) is 5.91 Å². The smallest absolute Gasteiger partial charge is 0.255 e. The molecule has 0 atom stereocenters. The average molecular weight is 385 g/mol. The molecular formula is C18H22Cl2N2O3. The summed E-state index contributed by atoms with van der Waals surface area (Å²) in [5, 5.41) is 3.20. The number of amides is 1. The zero-order chi connectivity index (χ0) is 17.5. The Bertz CT molecular complexity index is 723. The topological polar surface area (TPSA) is 73.6 Å². The molecule has 3 N–H and O–H groups in total. The SMILES string of the molecule is CCOCc1ccccc1CNC(=O)c1cc(Cl)c(N)cc1OC.Cl. The van der Waals surface area contributed by atoms with Crippen LogP contribution < -0.4 is 15.8 Å². The normalized spacial score (nSPS) is 10.0. The molecule has 2 aromatic rings. The predicted molar refractivity (Wildman–Crippen MR) is 103 cm³/mol. The second-order valence-electron chi connectivity index (χ2n) is 5.16. The molecule has 25 heavy (non-hydrogen) atoms. The van der Waals surface area contributed by atoms with Crippen LogP contribution in [0.15, 0.2) is 36.4 Å². The molecule has 0 fully saturated rings. The first-order valence-corrected chi connectivity index (χ1v) is 8.00. The fourth-order valence-corrected chi connectivity index (χ4v) is 2.43. The largest absolute Gasteiger partial charge is 0.496 e. The van der Waals surface area contributed by atoms with Gasteiger partial charge in [0.15, 0.2) is 0 Å². The fourth-order valence-electron chi connectivity index (χ4n) is 2.27. The van der Waals surface area contributed by atoms with Gasteiger partial charge in [-0.1, -0.05) is 35.9 Å². The van der Waals surface area contributed by atoms with Crippen LogP contribution in [0.4, 0.5) is 5.69 Å². The lowest BCUT2D eigenvalue weighted by Crippen LogP contribution is -2.24. The third-order valence-electron chi connectivity index (χ3n) is 3.58. The zero-order valence-electron chi connectivity index (χ0n) is 14.2. The van der Waals surface area contributed by atoms with E-state index in [0.717, 1.165) is 11.1 Å². The number of nitrogens with one attached hydrogen (secondary N) is 1. The molecule has 0 unspecified atom stereocenters. The van der Waals surface area contributed by atoms with Gasteiger partial charge >= 0.3 is 0 Å². The molecule has 0 aliphatic carbocycles. The minimum atomic E-state index is -0.278. The van der Waals surface area contributed by atoms with Gasteiger partial charge < -0.3 is 20.5 Å². The average Bonchev–Trinajstić information content (AvgIpc) is 2.60. The maximum Gasteiger partial charge on any atom is 0.255 e. The van der Waals surface area contributed by atoms with Gasteiger partial charge in [0.1, 0.15) is 5.75 Å². The number of ether oxygens (including phenoxy) is 2. The molecule has 0 radical (unpaired) electrons. The van der Waals surface area contributed by atoms with Crippen LogP contribution >= 0.6 is 24.0 Å². The summed E-state index contributed by atoms with van der Waals surface area (Å²) >= 11 is 6.01. The second-order valence-corrected chi connectivity index (χ2v) is 5.57. The van der Waals surface area contributed by atoms with E-state index in [9.17, 15) is 4.79 Å². The summed E-state index contributed by atoms with van der Waals surface area (Å²) in [7, 11) is 1.48. The van der Waals surface area contributed by atoms with Crippen molar-refractivity contribution in [3.63, 3.8) is 0 Å². The Hall–Kier alpha value is -1.95. The van der Waals surface area contributed by atoms with Crippen molar-refractivity contribution in [3.05, 3.63) is 58.1 Å². The number of anilines is 1. The van der Waals surface area contributed by atoms with Gasteiger partial charge in [-0.2, -0.15) is 0 Å². The summed E-state index contributed by atoms with van der Waals surface area (Å²) in [5.74, 6) is 0.108. The molecule has 2 aromatic carbocycles. The van der Waals surface area contributed by atoms with Gasteiger partial charge in [0, 0.05) is 19.2 Å². The standard InChI is InChI=1S/C18H21ClN2O3.ClH/c1-3-24-11-13-7-5-4-6-12(13)10-21-18(22)14-8-15(19)16(20)9-17(14)23-2;/h4-9H,3,10-11,20H2,1-2H3,(H,21,22);1H. The molecule has 0 aliphatic rings.